The molecule has 1 aromatic rings. The van der Waals surface area contributed by atoms with E-state index >= 15 is 0 Å². The van der Waals surface area contributed by atoms with Gasteiger partial charge in [0.05, 0.1) is 17.0 Å². The van der Waals surface area contributed by atoms with Crippen LogP contribution in [0.5, 0.6) is 0 Å². The summed E-state index contributed by atoms with van der Waals surface area (Å²) in [7, 11) is -0.306. The first-order valence-corrected chi connectivity index (χ1v) is 11.4. The highest BCUT2D eigenvalue weighted by Crippen LogP contribution is 2.41. The molecule has 0 radical (unpaired) electrons. The zero-order chi connectivity index (χ0) is 19.5. The Bertz CT molecular complexity index is 673. The molecule has 27 heavy (non-hydrogen) atoms. The number of nitrogens with one attached hydrogen (secondary N) is 1. The summed E-state index contributed by atoms with van der Waals surface area (Å²) in [6.45, 7) is 5.57. The third-order valence-electron chi connectivity index (χ3n) is 6.20. The van der Waals surface area contributed by atoms with Crippen LogP contribution in [-0.4, -0.2) is 52.4 Å². The molecule has 2 heterocycles. The first kappa shape index (κ1) is 20.6. The van der Waals surface area contributed by atoms with Crippen LogP contribution in [0.1, 0.15) is 58.1 Å². The third-order valence-corrected chi connectivity index (χ3v) is 8.70. The van der Waals surface area contributed by atoms with Crippen molar-refractivity contribution in [2.24, 2.45) is 5.92 Å². The van der Waals surface area contributed by atoms with Gasteiger partial charge in [0, 0.05) is 24.7 Å². The molecule has 1 aliphatic heterocycles. The predicted octanol–water partition coefficient (Wildman–Crippen LogP) is 3.32. The van der Waals surface area contributed by atoms with Gasteiger partial charge in [0.15, 0.2) is 0 Å². The highest BCUT2D eigenvalue weighted by molar-refractivity contribution is 8.15. The lowest BCUT2D eigenvalue weighted by atomic mass is 9.84. The molecule has 2 aliphatic rings. The van der Waals surface area contributed by atoms with Gasteiger partial charge in [-0.2, -0.15) is 10.5 Å². The third kappa shape index (κ3) is 4.46. The summed E-state index contributed by atoms with van der Waals surface area (Å²) in [5.41, 5.74) is 0.424. The lowest BCUT2D eigenvalue weighted by molar-refractivity contribution is -0.117. The molecule has 1 saturated heterocycles. The van der Waals surface area contributed by atoms with Crippen LogP contribution < -0.4 is 5.32 Å². The first-order valence-electron chi connectivity index (χ1n) is 9.85. The number of aliphatic hydroxyl groups is 1. The predicted molar refractivity (Wildman–Crippen MR) is 110 cm³/mol. The topological polar surface area (TPSA) is 84.6 Å². The molecular weight excluding hydrogens is 364 g/mol. The van der Waals surface area contributed by atoms with Crippen LogP contribution in [0.3, 0.4) is 0 Å². The van der Waals surface area contributed by atoms with E-state index in [-0.39, 0.29) is 28.4 Å². The molecular formula is C20H32N2O4S. The average Bonchev–Trinajstić information content (AvgIpc) is 3.32. The second-order valence-electron chi connectivity index (χ2n) is 8.40. The molecule has 0 aromatic carbocycles. The average molecular weight is 397 g/mol. The molecule has 2 fully saturated rings. The maximum Gasteiger partial charge on any atom is 0.241 e. The van der Waals surface area contributed by atoms with Crippen LogP contribution in [0.25, 0.3) is 0 Å². The van der Waals surface area contributed by atoms with Crippen molar-refractivity contribution < 1.29 is 19.2 Å². The summed E-state index contributed by atoms with van der Waals surface area (Å²) in [5, 5.41) is 16.8. The lowest BCUT2D eigenvalue weighted by Gasteiger charge is -2.31. The summed E-state index contributed by atoms with van der Waals surface area (Å²) in [6, 6.07) is 1.77. The number of hydrogen-bond donors (Lipinski definition) is 2. The fourth-order valence-electron chi connectivity index (χ4n) is 3.93. The number of aliphatic hydroxyl groups excluding tert-OH is 1. The maximum absolute atomic E-state index is 12.9. The Morgan fingerprint density at radius 2 is 2.07 bits per heavy atom. The summed E-state index contributed by atoms with van der Waals surface area (Å²) < 4.78 is 10.2. The SMILES string of the molecule is C=S(CC1CCOCC1)C(C)(C)C(=O)Nc1cc(C2(CO)CCCC2)no1. The summed E-state index contributed by atoms with van der Waals surface area (Å²) in [5.74, 6) is 6.08. The molecule has 7 heteroatoms. The molecule has 1 amide bonds. The van der Waals surface area contributed by atoms with E-state index in [4.69, 9.17) is 9.26 Å². The smallest absolute Gasteiger partial charge is 0.241 e. The lowest BCUT2D eigenvalue weighted by Crippen LogP contribution is -2.37. The Morgan fingerprint density at radius 1 is 1.41 bits per heavy atom. The minimum Gasteiger partial charge on any atom is -0.395 e. The Hall–Kier alpha value is -1.18. The van der Waals surface area contributed by atoms with Gasteiger partial charge in [-0.25, -0.2) is 0 Å². The van der Waals surface area contributed by atoms with Crippen molar-refractivity contribution in [1.82, 2.24) is 5.16 Å². The molecule has 1 aliphatic carbocycles. The first-order chi connectivity index (χ1) is 12.9. The van der Waals surface area contributed by atoms with E-state index < -0.39 is 4.75 Å². The van der Waals surface area contributed by atoms with Gasteiger partial charge >= 0.3 is 0 Å². The van der Waals surface area contributed by atoms with Gasteiger partial charge in [-0.3, -0.25) is 10.1 Å². The Balaban J connectivity index is 1.62. The van der Waals surface area contributed by atoms with E-state index in [1.54, 1.807) is 6.07 Å². The Kier molecular flexibility index (Phi) is 6.43. The van der Waals surface area contributed by atoms with E-state index in [1.165, 1.54) is 0 Å². The monoisotopic (exact) mass is 396 g/mol. The van der Waals surface area contributed by atoms with E-state index in [0.717, 1.165) is 63.2 Å². The molecule has 6 nitrogen and oxygen atoms in total. The number of nitrogens with zero attached hydrogens (tertiary/aromatic N) is 1. The molecule has 0 bridgehead atoms. The molecule has 1 aromatic heterocycles. The van der Waals surface area contributed by atoms with Gasteiger partial charge in [0.2, 0.25) is 11.8 Å². The van der Waals surface area contributed by atoms with Crippen LogP contribution in [0.2, 0.25) is 0 Å². The molecule has 0 spiro atoms. The zero-order valence-electron chi connectivity index (χ0n) is 16.5. The van der Waals surface area contributed by atoms with Gasteiger partial charge in [0.1, 0.15) is 0 Å². The van der Waals surface area contributed by atoms with Crippen molar-refractivity contribution in [2.45, 2.75) is 62.5 Å². The fraction of sp³-hybridized carbons (Fsp3) is 0.750. The van der Waals surface area contributed by atoms with Crippen LogP contribution in [0.15, 0.2) is 10.6 Å². The van der Waals surface area contributed by atoms with E-state index in [0.29, 0.717) is 11.8 Å². The maximum atomic E-state index is 12.9. The van der Waals surface area contributed by atoms with Crippen LogP contribution in [0.4, 0.5) is 5.88 Å². The Morgan fingerprint density at radius 3 is 2.70 bits per heavy atom. The number of carbonyl (C=O) groups is 1. The second-order valence-corrected chi connectivity index (χ2v) is 10.7. The largest absolute Gasteiger partial charge is 0.395 e. The van der Waals surface area contributed by atoms with Gasteiger partial charge < -0.3 is 14.4 Å². The van der Waals surface area contributed by atoms with E-state index in [1.807, 2.05) is 13.8 Å². The molecule has 1 atom stereocenters. The standard InChI is InChI=1S/C20H32N2O4S/c1-19(2,27(3)13-15-6-10-25-11-7-15)18(24)21-17-12-16(22-26-17)20(14-23)8-4-5-9-20/h12,15,23H,3-11,13-14H2,1-2H3,(H,21,24). The van der Waals surface area contributed by atoms with Crippen molar-refractivity contribution in [3.63, 3.8) is 0 Å². The number of amides is 1. The number of anilines is 1. The van der Waals surface area contributed by atoms with Crippen molar-refractivity contribution in [3.05, 3.63) is 11.8 Å². The molecule has 1 saturated carbocycles. The number of carbonyl (C=O) groups excluding carboxylic acids is 1. The molecule has 152 valence electrons. The minimum absolute atomic E-state index is 0.0614. The van der Waals surface area contributed by atoms with Crippen molar-refractivity contribution >= 4 is 28.1 Å². The number of ether oxygens (including phenoxy) is 1. The van der Waals surface area contributed by atoms with Gasteiger partial charge in [0.25, 0.3) is 0 Å². The van der Waals surface area contributed by atoms with Crippen molar-refractivity contribution in [3.8, 4) is 0 Å². The van der Waals surface area contributed by atoms with Crippen LogP contribution >= 0.6 is 10.5 Å². The van der Waals surface area contributed by atoms with Crippen LogP contribution in [0, 0.1) is 5.92 Å². The number of aromatic nitrogens is 1. The quantitative estimate of drug-likeness (QED) is 0.691. The van der Waals surface area contributed by atoms with Gasteiger partial charge in [-0.1, -0.05) is 23.9 Å². The van der Waals surface area contributed by atoms with Gasteiger partial charge in [-0.05, 0) is 51.2 Å². The van der Waals surface area contributed by atoms with Crippen molar-refractivity contribution in [2.75, 3.05) is 30.9 Å². The second kappa shape index (κ2) is 8.45. The van der Waals surface area contributed by atoms with E-state index in [9.17, 15) is 9.90 Å². The van der Waals surface area contributed by atoms with Crippen molar-refractivity contribution in [1.29, 1.82) is 0 Å². The summed E-state index contributed by atoms with van der Waals surface area (Å²) >= 11 is 0. The normalized spacial score (nSPS) is 21.9. The van der Waals surface area contributed by atoms with E-state index in [2.05, 4.69) is 16.3 Å². The summed E-state index contributed by atoms with van der Waals surface area (Å²) in [6.07, 6.45) is 6.07. The minimum atomic E-state index is -0.590. The fourth-order valence-corrected chi connectivity index (χ4v) is 5.56. The highest BCUT2D eigenvalue weighted by atomic mass is 32.2. The Labute approximate surface area is 164 Å². The molecule has 2 N–H and O–H groups in total. The molecule has 1 unspecified atom stereocenters. The van der Waals surface area contributed by atoms with Gasteiger partial charge in [-0.15, -0.1) is 0 Å². The molecule has 3 rings (SSSR count). The number of rotatable bonds is 7. The summed E-state index contributed by atoms with van der Waals surface area (Å²) in [4.78, 5) is 12.9. The number of hydrogen-bond acceptors (Lipinski definition) is 5. The van der Waals surface area contributed by atoms with Crippen LogP contribution in [-0.2, 0) is 14.9 Å². The zero-order valence-corrected chi connectivity index (χ0v) is 17.3. The highest BCUT2D eigenvalue weighted by Gasteiger charge is 2.38.